The number of phenols is 1. The van der Waals surface area contributed by atoms with Crippen molar-refractivity contribution in [2.45, 2.75) is 31.7 Å². The molecule has 4 N–H and O–H groups in total. The van der Waals surface area contributed by atoms with E-state index in [-0.39, 0.29) is 23.3 Å². The molecule has 2 rings (SSSR count). The van der Waals surface area contributed by atoms with Crippen LogP contribution in [-0.2, 0) is 0 Å². The maximum absolute atomic E-state index is 12.1. The zero-order chi connectivity index (χ0) is 14.5. The second-order valence-corrected chi connectivity index (χ2v) is 5.30. The van der Waals surface area contributed by atoms with Gasteiger partial charge in [0, 0.05) is 12.6 Å². The van der Waals surface area contributed by atoms with Crippen LogP contribution in [0.2, 0.25) is 0 Å². The Morgan fingerprint density at radius 1 is 1.45 bits per heavy atom. The molecule has 110 valence electrons. The summed E-state index contributed by atoms with van der Waals surface area (Å²) in [6.45, 7) is 0.552. The molecule has 1 aromatic rings. The molecule has 0 aromatic heterocycles. The molecule has 0 bridgehead atoms. The molecule has 20 heavy (non-hydrogen) atoms. The molecule has 1 aliphatic rings. The highest BCUT2D eigenvalue weighted by molar-refractivity contribution is 5.97. The topological polar surface area (TPSA) is 84.6 Å². The third kappa shape index (κ3) is 3.42. The molecule has 1 aliphatic carbocycles. The van der Waals surface area contributed by atoms with Crippen molar-refractivity contribution in [3.8, 4) is 11.5 Å². The Labute approximate surface area is 119 Å². The molecular weight excluding hydrogens is 256 g/mol. The summed E-state index contributed by atoms with van der Waals surface area (Å²) in [5.41, 5.74) is 6.29. The normalized spacial score (nSPS) is 22.3. The van der Waals surface area contributed by atoms with E-state index in [9.17, 15) is 9.90 Å². The third-order valence-electron chi connectivity index (χ3n) is 3.94. The predicted octanol–water partition coefficient (Wildman–Crippen LogP) is 1.65. The first-order valence-corrected chi connectivity index (χ1v) is 7.02. The molecule has 0 heterocycles. The van der Waals surface area contributed by atoms with Crippen LogP contribution in [0, 0.1) is 5.92 Å². The van der Waals surface area contributed by atoms with E-state index in [2.05, 4.69) is 5.32 Å². The van der Waals surface area contributed by atoms with Gasteiger partial charge in [-0.3, -0.25) is 4.79 Å². The largest absolute Gasteiger partial charge is 0.507 e. The molecule has 0 radical (unpaired) electrons. The number of carbonyl (C=O) groups is 1. The summed E-state index contributed by atoms with van der Waals surface area (Å²) < 4.78 is 5.06. The summed E-state index contributed by atoms with van der Waals surface area (Å²) in [6.07, 6.45) is 4.40. The van der Waals surface area contributed by atoms with Crippen molar-refractivity contribution in [1.82, 2.24) is 5.32 Å². The maximum Gasteiger partial charge on any atom is 0.255 e. The number of nitrogens with two attached hydrogens (primary N) is 1. The molecule has 1 fully saturated rings. The summed E-state index contributed by atoms with van der Waals surface area (Å²) in [4.78, 5) is 12.1. The Morgan fingerprint density at radius 3 is 2.90 bits per heavy atom. The summed E-state index contributed by atoms with van der Waals surface area (Å²) in [5.74, 6) is 0.526. The van der Waals surface area contributed by atoms with Gasteiger partial charge in [-0.05, 0) is 37.0 Å². The van der Waals surface area contributed by atoms with E-state index in [1.165, 1.54) is 32.1 Å². The number of ether oxygens (including phenoxy) is 1. The van der Waals surface area contributed by atoms with Gasteiger partial charge < -0.3 is 20.9 Å². The van der Waals surface area contributed by atoms with Crippen LogP contribution < -0.4 is 15.8 Å². The highest BCUT2D eigenvalue weighted by atomic mass is 16.5. The fourth-order valence-corrected chi connectivity index (χ4v) is 2.63. The van der Waals surface area contributed by atoms with E-state index in [0.717, 1.165) is 12.8 Å². The van der Waals surface area contributed by atoms with Gasteiger partial charge in [0.25, 0.3) is 5.91 Å². The van der Waals surface area contributed by atoms with Crippen LogP contribution >= 0.6 is 0 Å². The average Bonchev–Trinajstić information content (AvgIpc) is 2.46. The number of methoxy groups -OCH3 is 1. The van der Waals surface area contributed by atoms with Crippen LogP contribution in [0.15, 0.2) is 18.2 Å². The van der Waals surface area contributed by atoms with Gasteiger partial charge in [0.05, 0.1) is 12.7 Å². The molecule has 5 nitrogen and oxygen atoms in total. The van der Waals surface area contributed by atoms with Gasteiger partial charge in [0.2, 0.25) is 0 Å². The van der Waals surface area contributed by atoms with E-state index >= 15 is 0 Å². The maximum atomic E-state index is 12.1. The van der Waals surface area contributed by atoms with Gasteiger partial charge >= 0.3 is 0 Å². The Balaban J connectivity index is 1.97. The van der Waals surface area contributed by atoms with E-state index < -0.39 is 0 Å². The Hall–Kier alpha value is -1.75. The van der Waals surface area contributed by atoms with E-state index in [1.807, 2.05) is 0 Å². The molecule has 2 unspecified atom stereocenters. The number of phenolic OH excluding ortho intramolecular Hbond substituents is 1. The van der Waals surface area contributed by atoms with Gasteiger partial charge in [0.1, 0.15) is 11.5 Å². The van der Waals surface area contributed by atoms with Crippen LogP contribution in [0.25, 0.3) is 0 Å². The number of hydrogen-bond acceptors (Lipinski definition) is 4. The first-order valence-electron chi connectivity index (χ1n) is 7.02. The minimum atomic E-state index is -0.292. The number of benzene rings is 1. The lowest BCUT2D eigenvalue weighted by molar-refractivity contribution is 0.0938. The van der Waals surface area contributed by atoms with Gasteiger partial charge in [-0.2, -0.15) is 0 Å². The zero-order valence-electron chi connectivity index (χ0n) is 11.8. The minimum Gasteiger partial charge on any atom is -0.507 e. The first kappa shape index (κ1) is 14.7. The molecular formula is C15H22N2O3. The van der Waals surface area contributed by atoms with Gasteiger partial charge in [-0.1, -0.05) is 12.8 Å². The van der Waals surface area contributed by atoms with Crippen LogP contribution in [0.5, 0.6) is 11.5 Å². The van der Waals surface area contributed by atoms with Crippen molar-refractivity contribution in [3.05, 3.63) is 23.8 Å². The molecule has 0 saturated heterocycles. The van der Waals surface area contributed by atoms with Gasteiger partial charge in [0.15, 0.2) is 0 Å². The number of carbonyl (C=O) groups excluding carboxylic acids is 1. The molecule has 2 atom stereocenters. The summed E-state index contributed by atoms with van der Waals surface area (Å²) in [6, 6.07) is 4.76. The second-order valence-electron chi connectivity index (χ2n) is 5.30. The molecule has 1 amide bonds. The van der Waals surface area contributed by atoms with Crippen molar-refractivity contribution in [2.24, 2.45) is 11.7 Å². The van der Waals surface area contributed by atoms with E-state index in [0.29, 0.717) is 18.2 Å². The minimum absolute atomic E-state index is 0.0451. The number of hydrogen-bond donors (Lipinski definition) is 3. The lowest BCUT2D eigenvalue weighted by Gasteiger charge is -2.28. The Bertz CT molecular complexity index is 476. The van der Waals surface area contributed by atoms with Crippen molar-refractivity contribution in [2.75, 3.05) is 13.7 Å². The highest BCUT2D eigenvalue weighted by Gasteiger charge is 2.22. The third-order valence-corrected chi connectivity index (χ3v) is 3.94. The lowest BCUT2D eigenvalue weighted by Crippen LogP contribution is -2.41. The van der Waals surface area contributed by atoms with Gasteiger partial charge in [-0.25, -0.2) is 0 Å². The monoisotopic (exact) mass is 278 g/mol. The van der Waals surface area contributed by atoms with Crippen molar-refractivity contribution < 1.29 is 14.6 Å². The fraction of sp³-hybridized carbons (Fsp3) is 0.533. The van der Waals surface area contributed by atoms with Crippen molar-refractivity contribution in [3.63, 3.8) is 0 Å². The van der Waals surface area contributed by atoms with Crippen LogP contribution in [-0.4, -0.2) is 30.7 Å². The zero-order valence-corrected chi connectivity index (χ0v) is 11.8. The van der Waals surface area contributed by atoms with Crippen LogP contribution in [0.1, 0.15) is 36.0 Å². The first-order chi connectivity index (χ1) is 9.61. The number of nitrogens with one attached hydrogen (secondary N) is 1. The van der Waals surface area contributed by atoms with E-state index in [1.54, 1.807) is 6.07 Å². The molecule has 0 aliphatic heterocycles. The summed E-state index contributed by atoms with van der Waals surface area (Å²) >= 11 is 0. The Kier molecular flexibility index (Phi) is 4.84. The van der Waals surface area contributed by atoms with Gasteiger partial charge in [-0.15, -0.1) is 0 Å². The molecule has 1 aromatic carbocycles. The quantitative estimate of drug-likeness (QED) is 0.782. The standard InChI is InChI=1S/C15H22N2O3/c1-20-11-6-7-14(18)12(8-11)15(19)17-9-10-4-2-3-5-13(10)16/h6-8,10,13,18H,2-5,9,16H2,1H3,(H,17,19). The summed E-state index contributed by atoms with van der Waals surface area (Å²) in [5, 5.41) is 12.6. The fourth-order valence-electron chi connectivity index (χ4n) is 2.63. The highest BCUT2D eigenvalue weighted by Crippen LogP contribution is 2.24. The Morgan fingerprint density at radius 2 is 2.20 bits per heavy atom. The smallest absolute Gasteiger partial charge is 0.255 e. The number of rotatable bonds is 4. The molecule has 1 saturated carbocycles. The SMILES string of the molecule is COc1ccc(O)c(C(=O)NCC2CCCCC2N)c1. The van der Waals surface area contributed by atoms with Crippen LogP contribution in [0.3, 0.4) is 0 Å². The number of aromatic hydroxyl groups is 1. The summed E-state index contributed by atoms with van der Waals surface area (Å²) in [7, 11) is 1.52. The van der Waals surface area contributed by atoms with Crippen LogP contribution in [0.4, 0.5) is 0 Å². The predicted molar refractivity (Wildman–Crippen MR) is 76.9 cm³/mol. The molecule has 5 heteroatoms. The van der Waals surface area contributed by atoms with Crippen molar-refractivity contribution in [1.29, 1.82) is 0 Å². The lowest BCUT2D eigenvalue weighted by atomic mass is 9.85. The number of amides is 1. The van der Waals surface area contributed by atoms with E-state index in [4.69, 9.17) is 10.5 Å². The molecule has 0 spiro atoms. The van der Waals surface area contributed by atoms with Crippen molar-refractivity contribution >= 4 is 5.91 Å². The average molecular weight is 278 g/mol. The second kappa shape index (κ2) is 6.61.